The maximum absolute atomic E-state index is 12.2. The summed E-state index contributed by atoms with van der Waals surface area (Å²) in [6, 6.07) is 5.73. The molecule has 1 N–H and O–H groups in total. The fraction of sp³-hybridized carbons (Fsp3) is 0.462. The second kappa shape index (κ2) is 5.15. The summed E-state index contributed by atoms with van der Waals surface area (Å²) >= 11 is 0. The smallest absolute Gasteiger partial charge is 0.246 e. The zero-order chi connectivity index (χ0) is 13.0. The lowest BCUT2D eigenvalue weighted by Crippen LogP contribution is -2.40. The second-order valence-electron chi connectivity index (χ2n) is 4.48. The van der Waals surface area contributed by atoms with Crippen LogP contribution in [0.2, 0.25) is 0 Å². The summed E-state index contributed by atoms with van der Waals surface area (Å²) in [7, 11) is 0. The van der Waals surface area contributed by atoms with E-state index in [1.807, 2.05) is 13.0 Å². The van der Waals surface area contributed by atoms with Gasteiger partial charge in [0.25, 0.3) is 0 Å². The Morgan fingerprint density at radius 3 is 2.78 bits per heavy atom. The highest BCUT2D eigenvalue weighted by molar-refractivity contribution is 5.96. The van der Waals surface area contributed by atoms with Crippen molar-refractivity contribution in [3.63, 3.8) is 0 Å². The van der Waals surface area contributed by atoms with Gasteiger partial charge in [0.1, 0.15) is 11.2 Å². The molecule has 0 unspecified atom stereocenters. The predicted octanol–water partition coefficient (Wildman–Crippen LogP) is 1.65. The lowest BCUT2D eigenvalue weighted by atomic mass is 9.81. The van der Waals surface area contributed by atoms with E-state index >= 15 is 0 Å². The molecule has 0 saturated carbocycles. The van der Waals surface area contributed by atoms with Gasteiger partial charge in [0.15, 0.2) is 0 Å². The van der Waals surface area contributed by atoms with Crippen molar-refractivity contribution >= 4 is 11.7 Å². The molecule has 1 aromatic rings. The first-order chi connectivity index (χ1) is 8.66. The molecule has 5 nitrogen and oxygen atoms in total. The van der Waals surface area contributed by atoms with Crippen LogP contribution >= 0.6 is 0 Å². The van der Waals surface area contributed by atoms with Crippen LogP contribution in [0.25, 0.3) is 0 Å². The standard InChI is InChI=1S/C13H15N3O2/c1-10-2-3-11(15-8-10)16-12(17)13(9-14)4-6-18-7-5-13/h2-3,8H,4-7H2,1H3,(H,15,16,17). The molecule has 0 bridgehead atoms. The molecular formula is C13H15N3O2. The predicted molar refractivity (Wildman–Crippen MR) is 65.7 cm³/mol. The molecule has 0 atom stereocenters. The number of amides is 1. The Balaban J connectivity index is 2.11. The summed E-state index contributed by atoms with van der Waals surface area (Å²) in [6.45, 7) is 2.82. The first kappa shape index (κ1) is 12.5. The van der Waals surface area contributed by atoms with Gasteiger partial charge in [-0.05, 0) is 31.4 Å². The summed E-state index contributed by atoms with van der Waals surface area (Å²) in [5.74, 6) is 0.191. The molecule has 0 spiro atoms. The number of hydrogen-bond donors (Lipinski definition) is 1. The third-order valence-corrected chi connectivity index (χ3v) is 3.15. The van der Waals surface area contributed by atoms with E-state index in [0.29, 0.717) is 31.9 Å². The Labute approximate surface area is 106 Å². The Morgan fingerprint density at radius 1 is 1.50 bits per heavy atom. The van der Waals surface area contributed by atoms with Crippen molar-refractivity contribution < 1.29 is 9.53 Å². The summed E-state index contributed by atoms with van der Waals surface area (Å²) in [5, 5.41) is 11.9. The molecule has 2 rings (SSSR count). The zero-order valence-corrected chi connectivity index (χ0v) is 10.3. The van der Waals surface area contributed by atoms with E-state index in [0.717, 1.165) is 5.56 Å². The van der Waals surface area contributed by atoms with Gasteiger partial charge >= 0.3 is 0 Å². The molecular weight excluding hydrogens is 230 g/mol. The van der Waals surface area contributed by atoms with E-state index in [4.69, 9.17) is 4.74 Å². The molecule has 18 heavy (non-hydrogen) atoms. The summed E-state index contributed by atoms with van der Waals surface area (Å²) < 4.78 is 5.20. The minimum absolute atomic E-state index is 0.287. The maximum atomic E-state index is 12.2. The molecule has 1 aliphatic rings. The zero-order valence-electron chi connectivity index (χ0n) is 10.3. The first-order valence-corrected chi connectivity index (χ1v) is 5.89. The first-order valence-electron chi connectivity index (χ1n) is 5.89. The molecule has 0 aliphatic carbocycles. The number of hydrogen-bond acceptors (Lipinski definition) is 4. The van der Waals surface area contributed by atoms with Crippen molar-refractivity contribution in [1.82, 2.24) is 4.98 Å². The van der Waals surface area contributed by atoms with Crippen molar-refractivity contribution in [2.45, 2.75) is 19.8 Å². The number of nitriles is 1. The van der Waals surface area contributed by atoms with Crippen molar-refractivity contribution in [2.75, 3.05) is 18.5 Å². The van der Waals surface area contributed by atoms with Gasteiger partial charge in [-0.25, -0.2) is 4.98 Å². The minimum atomic E-state index is -0.981. The number of anilines is 1. The quantitative estimate of drug-likeness (QED) is 0.859. The topological polar surface area (TPSA) is 75.0 Å². The van der Waals surface area contributed by atoms with Crippen molar-refractivity contribution in [2.24, 2.45) is 5.41 Å². The Kier molecular flexibility index (Phi) is 3.58. The van der Waals surface area contributed by atoms with E-state index in [1.54, 1.807) is 12.3 Å². The molecule has 1 amide bonds. The maximum Gasteiger partial charge on any atom is 0.246 e. The number of carbonyl (C=O) groups excluding carboxylic acids is 1. The number of aromatic nitrogens is 1. The Bertz CT molecular complexity index is 470. The average Bonchev–Trinajstić information content (AvgIpc) is 2.42. The molecule has 0 aromatic carbocycles. The fourth-order valence-electron chi connectivity index (χ4n) is 1.89. The molecule has 0 radical (unpaired) electrons. The lowest BCUT2D eigenvalue weighted by Gasteiger charge is -2.28. The fourth-order valence-corrected chi connectivity index (χ4v) is 1.89. The van der Waals surface area contributed by atoms with E-state index in [-0.39, 0.29) is 5.91 Å². The number of nitrogens with zero attached hydrogens (tertiary/aromatic N) is 2. The van der Waals surface area contributed by atoms with Gasteiger partial charge in [0, 0.05) is 19.4 Å². The number of aryl methyl sites for hydroxylation is 1. The molecule has 5 heteroatoms. The van der Waals surface area contributed by atoms with Crippen LogP contribution in [0.5, 0.6) is 0 Å². The highest BCUT2D eigenvalue weighted by Gasteiger charge is 2.40. The number of pyridine rings is 1. The van der Waals surface area contributed by atoms with Crippen molar-refractivity contribution in [1.29, 1.82) is 5.26 Å². The van der Waals surface area contributed by atoms with Crippen molar-refractivity contribution in [3.8, 4) is 6.07 Å². The number of rotatable bonds is 2. The largest absolute Gasteiger partial charge is 0.381 e. The summed E-state index contributed by atoms with van der Waals surface area (Å²) in [4.78, 5) is 16.3. The van der Waals surface area contributed by atoms with Gasteiger partial charge in [-0.3, -0.25) is 4.79 Å². The van der Waals surface area contributed by atoms with Gasteiger partial charge in [-0.2, -0.15) is 5.26 Å². The normalized spacial score (nSPS) is 17.8. The highest BCUT2D eigenvalue weighted by atomic mass is 16.5. The number of ether oxygens (including phenoxy) is 1. The van der Waals surface area contributed by atoms with E-state index < -0.39 is 5.41 Å². The lowest BCUT2D eigenvalue weighted by molar-refractivity contribution is -0.126. The number of nitrogens with one attached hydrogen (secondary N) is 1. The molecule has 1 fully saturated rings. The highest BCUT2D eigenvalue weighted by Crippen LogP contribution is 2.30. The molecule has 1 saturated heterocycles. The summed E-state index contributed by atoms with van der Waals surface area (Å²) in [6.07, 6.45) is 2.54. The van der Waals surface area contributed by atoms with E-state index in [2.05, 4.69) is 16.4 Å². The van der Waals surface area contributed by atoms with Crippen LogP contribution in [-0.2, 0) is 9.53 Å². The van der Waals surface area contributed by atoms with Crippen LogP contribution in [0.1, 0.15) is 18.4 Å². The van der Waals surface area contributed by atoms with E-state index in [9.17, 15) is 10.1 Å². The summed E-state index contributed by atoms with van der Waals surface area (Å²) in [5.41, 5.74) is 0.0409. The third-order valence-electron chi connectivity index (χ3n) is 3.15. The number of carbonyl (C=O) groups is 1. The molecule has 2 heterocycles. The molecule has 1 aromatic heterocycles. The monoisotopic (exact) mass is 245 g/mol. The van der Waals surface area contributed by atoms with Crippen LogP contribution < -0.4 is 5.32 Å². The van der Waals surface area contributed by atoms with Crippen LogP contribution in [0.3, 0.4) is 0 Å². The van der Waals surface area contributed by atoms with Crippen molar-refractivity contribution in [3.05, 3.63) is 23.9 Å². The van der Waals surface area contributed by atoms with Gasteiger partial charge in [0.2, 0.25) is 5.91 Å². The third kappa shape index (κ3) is 2.49. The minimum Gasteiger partial charge on any atom is -0.381 e. The van der Waals surface area contributed by atoms with Gasteiger partial charge in [-0.15, -0.1) is 0 Å². The van der Waals surface area contributed by atoms with Gasteiger partial charge in [0.05, 0.1) is 6.07 Å². The van der Waals surface area contributed by atoms with Crippen LogP contribution in [0, 0.1) is 23.7 Å². The molecule has 94 valence electrons. The van der Waals surface area contributed by atoms with Gasteiger partial charge < -0.3 is 10.1 Å². The Hall–Kier alpha value is -1.93. The second-order valence-corrected chi connectivity index (χ2v) is 4.48. The van der Waals surface area contributed by atoms with Gasteiger partial charge in [-0.1, -0.05) is 6.07 Å². The van der Waals surface area contributed by atoms with Crippen LogP contribution in [0.15, 0.2) is 18.3 Å². The van der Waals surface area contributed by atoms with Crippen LogP contribution in [-0.4, -0.2) is 24.1 Å². The Morgan fingerprint density at radius 2 is 2.22 bits per heavy atom. The van der Waals surface area contributed by atoms with Crippen LogP contribution in [0.4, 0.5) is 5.82 Å². The van der Waals surface area contributed by atoms with E-state index in [1.165, 1.54) is 0 Å². The average molecular weight is 245 g/mol. The molecule has 1 aliphatic heterocycles. The SMILES string of the molecule is Cc1ccc(NC(=O)C2(C#N)CCOCC2)nc1.